The molecule has 17 heavy (non-hydrogen) atoms. The Balaban J connectivity index is 2.13. The van der Waals surface area contributed by atoms with Crippen molar-refractivity contribution in [3.8, 4) is 5.75 Å². The fourth-order valence-electron chi connectivity index (χ4n) is 2.04. The zero-order valence-electron chi connectivity index (χ0n) is 9.81. The van der Waals surface area contributed by atoms with E-state index in [1.54, 1.807) is 7.11 Å². The first kappa shape index (κ1) is 10.5. The van der Waals surface area contributed by atoms with Crippen LogP contribution in [0.25, 0.3) is 0 Å². The molecular weight excluding hydrogens is 230 g/mol. The van der Waals surface area contributed by atoms with Gasteiger partial charge < -0.3 is 9.64 Å². The summed E-state index contributed by atoms with van der Waals surface area (Å²) in [4.78, 5) is 4.78. The van der Waals surface area contributed by atoms with Crippen LogP contribution < -0.4 is 9.64 Å². The summed E-state index contributed by atoms with van der Waals surface area (Å²) in [5.74, 6) is 0.899. The fourth-order valence-corrected chi connectivity index (χ4v) is 3.17. The predicted molar refractivity (Wildman–Crippen MR) is 71.6 cm³/mol. The lowest BCUT2D eigenvalue weighted by molar-refractivity contribution is 0.414. The highest BCUT2D eigenvalue weighted by molar-refractivity contribution is 7.99. The van der Waals surface area contributed by atoms with Gasteiger partial charge in [0.2, 0.25) is 0 Å². The van der Waals surface area contributed by atoms with Crippen molar-refractivity contribution >= 4 is 23.1 Å². The van der Waals surface area contributed by atoms with E-state index in [9.17, 15) is 0 Å². The van der Waals surface area contributed by atoms with Gasteiger partial charge in [0.05, 0.1) is 18.5 Å². The Morgan fingerprint density at radius 1 is 1.00 bits per heavy atom. The van der Waals surface area contributed by atoms with E-state index < -0.39 is 0 Å². The van der Waals surface area contributed by atoms with Gasteiger partial charge in [-0.25, -0.2) is 0 Å². The summed E-state index contributed by atoms with van der Waals surface area (Å²) in [5.41, 5.74) is 2.45. The maximum atomic E-state index is 5.28. The zero-order chi connectivity index (χ0) is 11.8. The summed E-state index contributed by atoms with van der Waals surface area (Å²) in [5, 5.41) is 0. The molecule has 3 rings (SSSR count). The zero-order valence-corrected chi connectivity index (χ0v) is 10.6. The molecule has 0 amide bonds. The number of fused-ring (bicyclic) bond motifs is 2. The lowest BCUT2D eigenvalue weighted by Gasteiger charge is -2.29. The second-order valence-corrected chi connectivity index (χ2v) is 5.05. The quantitative estimate of drug-likeness (QED) is 0.753. The van der Waals surface area contributed by atoms with Crippen molar-refractivity contribution in [3.63, 3.8) is 0 Å². The summed E-state index contributed by atoms with van der Waals surface area (Å²) in [7, 11) is 3.79. The second-order valence-electron chi connectivity index (χ2n) is 3.96. The number of benzene rings is 2. The molecule has 0 bridgehead atoms. The van der Waals surface area contributed by atoms with E-state index in [4.69, 9.17) is 4.74 Å². The summed E-state index contributed by atoms with van der Waals surface area (Å²) in [6.07, 6.45) is 0. The molecule has 0 unspecified atom stereocenters. The third-order valence-electron chi connectivity index (χ3n) is 2.97. The van der Waals surface area contributed by atoms with Crippen molar-refractivity contribution in [2.75, 3.05) is 19.1 Å². The van der Waals surface area contributed by atoms with Gasteiger partial charge in [-0.3, -0.25) is 0 Å². The van der Waals surface area contributed by atoms with Crippen molar-refractivity contribution < 1.29 is 4.74 Å². The summed E-state index contributed by atoms with van der Waals surface area (Å²) in [6, 6.07) is 14.7. The standard InChI is InChI=1S/C14H13NOS/c1-15-11-5-3-4-6-13(11)17-14-8-7-10(16-2)9-12(14)15/h3-9H,1-2H3. The molecule has 0 radical (unpaired) electrons. The number of rotatable bonds is 1. The topological polar surface area (TPSA) is 12.5 Å². The first-order chi connectivity index (χ1) is 8.29. The van der Waals surface area contributed by atoms with Gasteiger partial charge in [0, 0.05) is 22.9 Å². The number of hydrogen-bond acceptors (Lipinski definition) is 3. The first-order valence-electron chi connectivity index (χ1n) is 5.48. The number of ether oxygens (including phenoxy) is 1. The fraction of sp³-hybridized carbons (Fsp3) is 0.143. The Labute approximate surface area is 105 Å². The number of nitrogens with zero attached hydrogens (tertiary/aromatic N) is 1. The number of methoxy groups -OCH3 is 1. The molecule has 1 heterocycles. The minimum Gasteiger partial charge on any atom is -0.497 e. The van der Waals surface area contributed by atoms with Crippen molar-refractivity contribution in [1.82, 2.24) is 0 Å². The molecule has 2 aromatic carbocycles. The maximum absolute atomic E-state index is 5.28. The highest BCUT2D eigenvalue weighted by Crippen LogP contribution is 2.48. The third-order valence-corrected chi connectivity index (χ3v) is 4.10. The molecule has 0 saturated carbocycles. The molecule has 0 saturated heterocycles. The van der Waals surface area contributed by atoms with E-state index in [1.807, 2.05) is 17.8 Å². The number of para-hydroxylation sites is 1. The molecular formula is C14H13NOS. The Morgan fingerprint density at radius 3 is 2.59 bits per heavy atom. The van der Waals surface area contributed by atoms with E-state index in [-0.39, 0.29) is 0 Å². The van der Waals surface area contributed by atoms with Crippen LogP contribution in [0.5, 0.6) is 5.75 Å². The van der Waals surface area contributed by atoms with E-state index in [0.717, 1.165) is 5.75 Å². The Morgan fingerprint density at radius 2 is 1.76 bits per heavy atom. The molecule has 1 aliphatic heterocycles. The van der Waals surface area contributed by atoms with E-state index in [1.165, 1.54) is 21.2 Å². The minimum absolute atomic E-state index is 0.899. The largest absolute Gasteiger partial charge is 0.497 e. The highest BCUT2D eigenvalue weighted by atomic mass is 32.2. The number of hydrogen-bond donors (Lipinski definition) is 0. The van der Waals surface area contributed by atoms with E-state index in [2.05, 4.69) is 48.3 Å². The van der Waals surface area contributed by atoms with Crippen LogP contribution in [0.15, 0.2) is 52.3 Å². The van der Waals surface area contributed by atoms with Gasteiger partial charge in [-0.2, -0.15) is 0 Å². The Kier molecular flexibility index (Phi) is 2.48. The van der Waals surface area contributed by atoms with Crippen LogP contribution in [0.4, 0.5) is 11.4 Å². The predicted octanol–water partition coefficient (Wildman–Crippen LogP) is 3.93. The van der Waals surface area contributed by atoms with Crippen LogP contribution in [0.3, 0.4) is 0 Å². The van der Waals surface area contributed by atoms with Crippen molar-refractivity contribution in [2.24, 2.45) is 0 Å². The lowest BCUT2D eigenvalue weighted by atomic mass is 10.2. The van der Waals surface area contributed by atoms with Gasteiger partial charge in [0.15, 0.2) is 0 Å². The first-order valence-corrected chi connectivity index (χ1v) is 6.30. The van der Waals surface area contributed by atoms with Crippen LogP contribution in [-0.4, -0.2) is 14.2 Å². The van der Waals surface area contributed by atoms with Crippen LogP contribution in [-0.2, 0) is 0 Å². The van der Waals surface area contributed by atoms with Crippen molar-refractivity contribution in [2.45, 2.75) is 9.79 Å². The summed E-state index contributed by atoms with van der Waals surface area (Å²) >= 11 is 1.81. The summed E-state index contributed by atoms with van der Waals surface area (Å²) < 4.78 is 5.28. The highest BCUT2D eigenvalue weighted by Gasteiger charge is 2.20. The van der Waals surface area contributed by atoms with Gasteiger partial charge in [0.1, 0.15) is 5.75 Å². The molecule has 0 N–H and O–H groups in total. The molecule has 0 aliphatic carbocycles. The normalized spacial score (nSPS) is 12.9. The number of anilines is 2. The van der Waals surface area contributed by atoms with Crippen LogP contribution in [0.2, 0.25) is 0 Å². The van der Waals surface area contributed by atoms with E-state index in [0.29, 0.717) is 0 Å². The van der Waals surface area contributed by atoms with Crippen LogP contribution in [0.1, 0.15) is 0 Å². The monoisotopic (exact) mass is 243 g/mol. The van der Waals surface area contributed by atoms with Crippen molar-refractivity contribution in [1.29, 1.82) is 0 Å². The van der Waals surface area contributed by atoms with Crippen LogP contribution in [0, 0.1) is 0 Å². The van der Waals surface area contributed by atoms with Gasteiger partial charge in [-0.05, 0) is 24.3 Å². The Bertz CT molecular complexity index is 568. The molecule has 0 spiro atoms. The molecule has 2 aromatic rings. The minimum atomic E-state index is 0.899. The average molecular weight is 243 g/mol. The Hall–Kier alpha value is -1.61. The van der Waals surface area contributed by atoms with Gasteiger partial charge in [0.25, 0.3) is 0 Å². The lowest BCUT2D eigenvalue weighted by Crippen LogP contribution is -2.14. The van der Waals surface area contributed by atoms with Gasteiger partial charge >= 0.3 is 0 Å². The molecule has 0 fully saturated rings. The van der Waals surface area contributed by atoms with Crippen LogP contribution >= 0.6 is 11.8 Å². The molecule has 1 aliphatic rings. The molecule has 0 atom stereocenters. The van der Waals surface area contributed by atoms with Gasteiger partial charge in [-0.1, -0.05) is 23.9 Å². The summed E-state index contributed by atoms with van der Waals surface area (Å²) in [6.45, 7) is 0. The molecule has 0 aromatic heterocycles. The smallest absolute Gasteiger partial charge is 0.121 e. The third kappa shape index (κ3) is 1.67. The molecule has 2 nitrogen and oxygen atoms in total. The second kappa shape index (κ2) is 4.00. The van der Waals surface area contributed by atoms with Gasteiger partial charge in [-0.15, -0.1) is 0 Å². The van der Waals surface area contributed by atoms with E-state index >= 15 is 0 Å². The molecule has 86 valence electrons. The van der Waals surface area contributed by atoms with Crippen molar-refractivity contribution in [3.05, 3.63) is 42.5 Å². The molecule has 3 heteroatoms. The SMILES string of the molecule is COc1ccc2c(c1)N(C)c1ccccc1S2. The average Bonchev–Trinajstić information content (AvgIpc) is 2.39. The maximum Gasteiger partial charge on any atom is 0.121 e.